The fourth-order valence-corrected chi connectivity index (χ4v) is 2.28. The monoisotopic (exact) mass is 281 g/mol. The van der Waals surface area contributed by atoms with Crippen molar-refractivity contribution in [2.45, 2.75) is 0 Å². The number of para-hydroxylation sites is 2. The molecule has 3 aromatic rings. The van der Waals surface area contributed by atoms with Crippen molar-refractivity contribution >= 4 is 16.7 Å². The molecule has 5 heteroatoms. The molecule has 21 heavy (non-hydrogen) atoms. The molecule has 0 bridgehead atoms. The van der Waals surface area contributed by atoms with Gasteiger partial charge in [-0.25, -0.2) is 4.98 Å². The summed E-state index contributed by atoms with van der Waals surface area (Å²) in [6, 6.07) is 11.2. The van der Waals surface area contributed by atoms with Crippen LogP contribution in [0.2, 0.25) is 0 Å². The fourth-order valence-electron chi connectivity index (χ4n) is 2.28. The molecular formula is C16H15N3O2. The number of methoxy groups -OCH3 is 2. The third-order valence-electron chi connectivity index (χ3n) is 3.28. The number of nitrogens with two attached hydrogens (primary N) is 1. The zero-order valence-electron chi connectivity index (χ0n) is 11.8. The van der Waals surface area contributed by atoms with Gasteiger partial charge in [-0.05, 0) is 24.3 Å². The number of aromatic nitrogens is 2. The zero-order chi connectivity index (χ0) is 14.8. The predicted molar refractivity (Wildman–Crippen MR) is 82.5 cm³/mol. The third kappa shape index (κ3) is 2.23. The molecule has 0 aliphatic carbocycles. The van der Waals surface area contributed by atoms with Gasteiger partial charge in [-0.1, -0.05) is 12.1 Å². The van der Waals surface area contributed by atoms with Gasteiger partial charge in [-0.2, -0.15) is 0 Å². The molecule has 1 heterocycles. The van der Waals surface area contributed by atoms with Gasteiger partial charge in [0.15, 0.2) is 11.5 Å². The van der Waals surface area contributed by atoms with E-state index in [1.807, 2.05) is 36.4 Å². The van der Waals surface area contributed by atoms with Gasteiger partial charge < -0.3 is 15.2 Å². The topological polar surface area (TPSA) is 70.3 Å². The smallest absolute Gasteiger partial charge is 0.170 e. The Morgan fingerprint density at radius 3 is 2.57 bits per heavy atom. The summed E-state index contributed by atoms with van der Waals surface area (Å²) in [4.78, 5) is 9.02. The summed E-state index contributed by atoms with van der Waals surface area (Å²) in [5, 5.41) is 0. The Kier molecular flexibility index (Phi) is 3.31. The van der Waals surface area contributed by atoms with Crippen molar-refractivity contribution in [2.24, 2.45) is 0 Å². The average Bonchev–Trinajstić information content (AvgIpc) is 2.53. The van der Waals surface area contributed by atoms with E-state index in [1.54, 1.807) is 20.4 Å². The van der Waals surface area contributed by atoms with E-state index in [-0.39, 0.29) is 0 Å². The standard InChI is InChI=1S/C16H15N3O2/c1-20-14-8-3-5-10(16(14)21-2)13-9-18-15-11(17)6-4-7-12(15)19-13/h3-9H,17H2,1-2H3. The molecule has 0 unspecified atom stereocenters. The van der Waals surface area contributed by atoms with E-state index in [9.17, 15) is 0 Å². The summed E-state index contributed by atoms with van der Waals surface area (Å²) < 4.78 is 10.8. The van der Waals surface area contributed by atoms with Crippen LogP contribution in [-0.2, 0) is 0 Å². The lowest BCUT2D eigenvalue weighted by atomic mass is 10.1. The summed E-state index contributed by atoms with van der Waals surface area (Å²) in [6.45, 7) is 0. The van der Waals surface area contributed by atoms with Gasteiger partial charge in [0.05, 0.1) is 37.3 Å². The molecule has 2 N–H and O–H groups in total. The molecule has 0 radical (unpaired) electrons. The van der Waals surface area contributed by atoms with Crippen LogP contribution in [0.4, 0.5) is 5.69 Å². The van der Waals surface area contributed by atoms with Gasteiger partial charge in [-0.15, -0.1) is 0 Å². The lowest BCUT2D eigenvalue weighted by Crippen LogP contribution is -1.96. The second-order valence-corrected chi connectivity index (χ2v) is 4.51. The number of nitrogen functional groups attached to an aromatic ring is 1. The van der Waals surface area contributed by atoms with Crippen LogP contribution in [0.5, 0.6) is 11.5 Å². The number of hydrogen-bond donors (Lipinski definition) is 1. The Labute approximate surface area is 122 Å². The molecule has 2 aromatic carbocycles. The van der Waals surface area contributed by atoms with Gasteiger partial charge in [0.2, 0.25) is 0 Å². The van der Waals surface area contributed by atoms with Crippen LogP contribution in [0, 0.1) is 0 Å². The third-order valence-corrected chi connectivity index (χ3v) is 3.28. The largest absolute Gasteiger partial charge is 0.493 e. The van der Waals surface area contributed by atoms with Gasteiger partial charge in [0, 0.05) is 5.56 Å². The molecule has 3 rings (SSSR count). The van der Waals surface area contributed by atoms with Crippen molar-refractivity contribution in [2.75, 3.05) is 20.0 Å². The highest BCUT2D eigenvalue weighted by Crippen LogP contribution is 2.37. The first-order valence-electron chi connectivity index (χ1n) is 6.47. The average molecular weight is 281 g/mol. The first-order chi connectivity index (χ1) is 10.2. The summed E-state index contributed by atoms with van der Waals surface area (Å²) >= 11 is 0. The molecule has 0 spiro atoms. The zero-order valence-corrected chi connectivity index (χ0v) is 11.8. The van der Waals surface area contributed by atoms with E-state index in [1.165, 1.54) is 0 Å². The molecule has 0 amide bonds. The van der Waals surface area contributed by atoms with Crippen LogP contribution >= 0.6 is 0 Å². The van der Waals surface area contributed by atoms with E-state index in [0.717, 1.165) is 11.1 Å². The van der Waals surface area contributed by atoms with Crippen molar-refractivity contribution < 1.29 is 9.47 Å². The second kappa shape index (κ2) is 5.28. The van der Waals surface area contributed by atoms with Crippen molar-refractivity contribution in [3.05, 3.63) is 42.6 Å². The molecule has 0 atom stereocenters. The van der Waals surface area contributed by atoms with Crippen LogP contribution < -0.4 is 15.2 Å². The van der Waals surface area contributed by atoms with Gasteiger partial charge >= 0.3 is 0 Å². The lowest BCUT2D eigenvalue weighted by molar-refractivity contribution is 0.356. The maximum Gasteiger partial charge on any atom is 0.170 e. The van der Waals surface area contributed by atoms with Crippen LogP contribution in [0.25, 0.3) is 22.3 Å². The first-order valence-corrected chi connectivity index (χ1v) is 6.47. The summed E-state index contributed by atoms with van der Waals surface area (Å²) in [6.07, 6.45) is 1.69. The van der Waals surface area contributed by atoms with Crippen molar-refractivity contribution in [1.29, 1.82) is 0 Å². The van der Waals surface area contributed by atoms with Crippen LogP contribution in [0.1, 0.15) is 0 Å². The molecule has 5 nitrogen and oxygen atoms in total. The fraction of sp³-hybridized carbons (Fsp3) is 0.125. The van der Waals surface area contributed by atoms with E-state index in [4.69, 9.17) is 15.2 Å². The minimum atomic E-state index is 0.615. The Hall–Kier alpha value is -2.82. The van der Waals surface area contributed by atoms with E-state index < -0.39 is 0 Å². The number of fused-ring (bicyclic) bond motifs is 1. The highest BCUT2D eigenvalue weighted by molar-refractivity contribution is 5.88. The number of ether oxygens (including phenoxy) is 2. The van der Waals surface area contributed by atoms with Gasteiger partial charge in [-0.3, -0.25) is 4.98 Å². The maximum atomic E-state index is 5.90. The van der Waals surface area contributed by atoms with Crippen LogP contribution in [0.15, 0.2) is 42.6 Å². The number of nitrogens with zero attached hydrogens (tertiary/aromatic N) is 2. The highest BCUT2D eigenvalue weighted by Gasteiger charge is 2.13. The van der Waals surface area contributed by atoms with Crippen LogP contribution in [0.3, 0.4) is 0 Å². The Morgan fingerprint density at radius 1 is 1.00 bits per heavy atom. The van der Waals surface area contributed by atoms with Gasteiger partial charge in [0.25, 0.3) is 0 Å². The van der Waals surface area contributed by atoms with Crippen LogP contribution in [-0.4, -0.2) is 24.2 Å². The summed E-state index contributed by atoms with van der Waals surface area (Å²) in [5.74, 6) is 1.29. The summed E-state index contributed by atoms with van der Waals surface area (Å²) in [5.41, 5.74) is 9.50. The van der Waals surface area contributed by atoms with E-state index >= 15 is 0 Å². The van der Waals surface area contributed by atoms with E-state index in [0.29, 0.717) is 28.4 Å². The quantitative estimate of drug-likeness (QED) is 0.747. The first kappa shape index (κ1) is 13.2. The predicted octanol–water partition coefficient (Wildman–Crippen LogP) is 2.90. The molecule has 0 saturated carbocycles. The number of benzene rings is 2. The van der Waals surface area contributed by atoms with Crippen molar-refractivity contribution in [1.82, 2.24) is 9.97 Å². The number of hydrogen-bond acceptors (Lipinski definition) is 5. The number of rotatable bonds is 3. The minimum absolute atomic E-state index is 0.615. The summed E-state index contributed by atoms with van der Waals surface area (Å²) in [7, 11) is 3.21. The molecule has 0 fully saturated rings. The molecule has 0 aliphatic rings. The molecule has 1 aromatic heterocycles. The molecule has 106 valence electrons. The Bertz CT molecular complexity index is 803. The van der Waals surface area contributed by atoms with Gasteiger partial charge in [0.1, 0.15) is 5.52 Å². The normalized spacial score (nSPS) is 10.6. The Balaban J connectivity index is 2.21. The highest BCUT2D eigenvalue weighted by atomic mass is 16.5. The SMILES string of the molecule is COc1cccc(-c2cnc3c(N)cccc3n2)c1OC. The van der Waals surface area contributed by atoms with E-state index in [2.05, 4.69) is 9.97 Å². The van der Waals surface area contributed by atoms with Crippen molar-refractivity contribution in [3.8, 4) is 22.8 Å². The minimum Gasteiger partial charge on any atom is -0.493 e. The van der Waals surface area contributed by atoms with Crippen molar-refractivity contribution in [3.63, 3.8) is 0 Å². The number of anilines is 1. The molecule has 0 saturated heterocycles. The lowest BCUT2D eigenvalue weighted by Gasteiger charge is -2.12. The molecular weight excluding hydrogens is 266 g/mol. The second-order valence-electron chi connectivity index (χ2n) is 4.51. The maximum absolute atomic E-state index is 5.90. The Morgan fingerprint density at radius 2 is 1.81 bits per heavy atom. The molecule has 0 aliphatic heterocycles.